The fraction of sp³-hybridized carbons (Fsp3) is 0.0526. The summed E-state index contributed by atoms with van der Waals surface area (Å²) in [4.78, 5) is -1.63. The van der Waals surface area contributed by atoms with Crippen LogP contribution in [-0.2, 0) is 30.0 Å². The van der Waals surface area contributed by atoms with Gasteiger partial charge in [-0.2, -0.15) is 16.8 Å². The first-order valence-electron chi connectivity index (χ1n) is 8.54. The number of hydrogen-bond donors (Lipinski definition) is 3. The maximum atomic E-state index is 13.3. The summed E-state index contributed by atoms with van der Waals surface area (Å²) in [5, 5.41) is 19.5. The zero-order valence-corrected chi connectivity index (χ0v) is 21.8. The Bertz CT molecular complexity index is 1420. The average molecular weight is 671 g/mol. The second-order valence-corrected chi connectivity index (χ2v) is 12.0. The molecule has 0 unspecified atom stereocenters. The molecule has 0 amide bonds. The van der Waals surface area contributed by atoms with E-state index in [4.69, 9.17) is 4.18 Å². The lowest BCUT2D eigenvalue weighted by Crippen LogP contribution is -2.30. The molecule has 0 saturated heterocycles. The molecule has 3 aromatic carbocycles. The first-order chi connectivity index (χ1) is 14.8. The molecule has 1 heterocycles. The zero-order valence-electron chi connectivity index (χ0n) is 15.5. The highest BCUT2D eigenvalue weighted by molar-refractivity contribution is 9.14. The minimum absolute atomic E-state index is 0.0923. The van der Waals surface area contributed by atoms with Gasteiger partial charge >= 0.3 is 0 Å². The van der Waals surface area contributed by atoms with Crippen LogP contribution in [0.2, 0.25) is 0 Å². The molecule has 0 spiro atoms. The molecule has 0 aromatic heterocycles. The smallest absolute Gasteiger partial charge is 0.300 e. The van der Waals surface area contributed by atoms with E-state index in [0.717, 1.165) is 0 Å². The molecule has 1 aliphatic rings. The highest BCUT2D eigenvalue weighted by Gasteiger charge is 2.56. The van der Waals surface area contributed by atoms with E-state index in [2.05, 4.69) is 47.8 Å². The Morgan fingerprint density at radius 1 is 0.781 bits per heavy atom. The molecular formula is C19H11Br3O8S2. The minimum atomic E-state index is -5.03. The van der Waals surface area contributed by atoms with Crippen LogP contribution in [0.25, 0.3) is 0 Å². The third-order valence-corrected chi connectivity index (χ3v) is 11.0. The highest BCUT2D eigenvalue weighted by atomic mass is 79.9. The largest absolute Gasteiger partial charge is 0.508 e. The van der Waals surface area contributed by atoms with Crippen LogP contribution >= 0.6 is 47.8 Å². The molecule has 4 rings (SSSR count). The SMILES string of the molecule is O=S(=O)(O)c1c(Br)c(Br)c(Br)c2c1S(=O)(=O)OC2(c1ccc(O)cc1)c1ccc(O)cc1. The fourth-order valence-corrected chi connectivity index (χ4v) is 9.14. The van der Waals surface area contributed by atoms with Gasteiger partial charge in [0.05, 0.1) is 4.47 Å². The third kappa shape index (κ3) is 3.50. The number of hydrogen-bond acceptors (Lipinski definition) is 7. The number of halogens is 3. The summed E-state index contributed by atoms with van der Waals surface area (Å²) in [5.74, 6) is -0.185. The van der Waals surface area contributed by atoms with Gasteiger partial charge < -0.3 is 10.2 Å². The quantitative estimate of drug-likeness (QED) is 0.208. The maximum absolute atomic E-state index is 13.3. The molecule has 13 heteroatoms. The van der Waals surface area contributed by atoms with Crippen molar-refractivity contribution in [3.63, 3.8) is 0 Å². The normalized spacial score (nSPS) is 16.6. The van der Waals surface area contributed by atoms with E-state index in [1.807, 2.05) is 0 Å². The van der Waals surface area contributed by atoms with Crippen LogP contribution in [0.4, 0.5) is 0 Å². The fourth-order valence-electron chi connectivity index (χ4n) is 3.59. The monoisotopic (exact) mass is 668 g/mol. The van der Waals surface area contributed by atoms with Gasteiger partial charge in [0.2, 0.25) is 0 Å². The lowest BCUT2D eigenvalue weighted by Gasteiger charge is -2.30. The van der Waals surface area contributed by atoms with Gasteiger partial charge in [0.25, 0.3) is 20.2 Å². The van der Waals surface area contributed by atoms with Gasteiger partial charge in [0, 0.05) is 14.5 Å². The summed E-state index contributed by atoms with van der Waals surface area (Å²) >= 11 is 9.61. The maximum Gasteiger partial charge on any atom is 0.300 e. The van der Waals surface area contributed by atoms with E-state index in [1.54, 1.807) is 0 Å². The number of aromatic hydroxyl groups is 2. The molecule has 0 radical (unpaired) electrons. The van der Waals surface area contributed by atoms with E-state index in [-0.39, 0.29) is 41.6 Å². The van der Waals surface area contributed by atoms with Gasteiger partial charge in [-0.3, -0.25) is 4.55 Å². The van der Waals surface area contributed by atoms with Crippen molar-refractivity contribution in [1.82, 2.24) is 0 Å². The predicted octanol–water partition coefficient (Wildman–Crippen LogP) is 4.64. The Kier molecular flexibility index (Phi) is 5.76. The lowest BCUT2D eigenvalue weighted by atomic mass is 9.80. The second kappa shape index (κ2) is 7.79. The Balaban J connectivity index is 2.28. The first-order valence-corrected chi connectivity index (χ1v) is 13.8. The van der Waals surface area contributed by atoms with Gasteiger partial charge in [-0.15, -0.1) is 0 Å². The van der Waals surface area contributed by atoms with E-state index in [0.29, 0.717) is 0 Å². The topological polar surface area (TPSA) is 138 Å². The van der Waals surface area contributed by atoms with Crippen molar-refractivity contribution < 1.29 is 35.8 Å². The van der Waals surface area contributed by atoms with Crippen LogP contribution in [0.3, 0.4) is 0 Å². The molecule has 1 aliphatic heterocycles. The van der Waals surface area contributed by atoms with Crippen molar-refractivity contribution in [2.45, 2.75) is 15.4 Å². The summed E-state index contributed by atoms with van der Waals surface area (Å²) in [6, 6.07) is 10.9. The Hall–Kier alpha value is -1.48. The Labute approximate surface area is 208 Å². The number of benzene rings is 3. The van der Waals surface area contributed by atoms with Gasteiger partial charge in [-0.25, -0.2) is 4.18 Å². The van der Waals surface area contributed by atoms with Crippen molar-refractivity contribution in [3.05, 3.63) is 78.6 Å². The van der Waals surface area contributed by atoms with E-state index >= 15 is 0 Å². The molecule has 0 aliphatic carbocycles. The van der Waals surface area contributed by atoms with Gasteiger partial charge in [-0.05, 0) is 83.2 Å². The molecule has 0 fully saturated rings. The summed E-state index contributed by atoms with van der Waals surface area (Å²) < 4.78 is 66.6. The number of rotatable bonds is 3. The van der Waals surface area contributed by atoms with Crippen LogP contribution in [0.5, 0.6) is 11.5 Å². The first kappa shape index (κ1) is 23.7. The van der Waals surface area contributed by atoms with Crippen molar-refractivity contribution in [3.8, 4) is 11.5 Å². The lowest BCUT2D eigenvalue weighted by molar-refractivity contribution is 0.179. The Morgan fingerprint density at radius 2 is 1.22 bits per heavy atom. The van der Waals surface area contributed by atoms with Crippen LogP contribution in [0.15, 0.2) is 71.7 Å². The van der Waals surface area contributed by atoms with E-state index < -0.39 is 35.6 Å². The standard InChI is InChI=1S/C19H11Br3O8S2/c20-14-13-17(18(31(25,26)27)16(22)15(14)21)32(28,29)30-19(13,9-1-5-11(23)6-2-9)10-3-7-12(24)8-4-10/h1-8,23-24H,(H,25,26,27). The molecule has 0 atom stereocenters. The molecule has 32 heavy (non-hydrogen) atoms. The van der Waals surface area contributed by atoms with Crippen LogP contribution < -0.4 is 0 Å². The van der Waals surface area contributed by atoms with Gasteiger partial charge in [-0.1, -0.05) is 24.3 Å². The third-order valence-electron chi connectivity index (χ3n) is 4.88. The summed E-state index contributed by atoms with van der Waals surface area (Å²) in [7, 11) is -9.78. The van der Waals surface area contributed by atoms with Crippen molar-refractivity contribution in [1.29, 1.82) is 0 Å². The van der Waals surface area contributed by atoms with Crippen LogP contribution in [-0.4, -0.2) is 31.6 Å². The summed E-state index contributed by atoms with van der Waals surface area (Å²) in [6.45, 7) is 0. The molecule has 8 nitrogen and oxygen atoms in total. The van der Waals surface area contributed by atoms with Gasteiger partial charge in [0.15, 0.2) is 5.60 Å². The average Bonchev–Trinajstić information content (AvgIpc) is 2.95. The molecule has 0 bridgehead atoms. The van der Waals surface area contributed by atoms with Crippen molar-refractivity contribution >= 4 is 68.0 Å². The minimum Gasteiger partial charge on any atom is -0.508 e. The zero-order chi connectivity index (χ0) is 23.6. The summed E-state index contributed by atoms with van der Waals surface area (Å²) in [6.07, 6.45) is 0. The van der Waals surface area contributed by atoms with Crippen molar-refractivity contribution in [2.75, 3.05) is 0 Å². The summed E-state index contributed by atoms with van der Waals surface area (Å²) in [5.41, 5.74) is -1.56. The Morgan fingerprint density at radius 3 is 1.62 bits per heavy atom. The van der Waals surface area contributed by atoms with E-state index in [9.17, 15) is 31.6 Å². The molecule has 3 N–H and O–H groups in total. The highest BCUT2D eigenvalue weighted by Crippen LogP contribution is 2.57. The van der Waals surface area contributed by atoms with Gasteiger partial charge in [0.1, 0.15) is 21.3 Å². The number of phenolic OH excluding ortho intramolecular Hbond substituents is 2. The van der Waals surface area contributed by atoms with E-state index in [1.165, 1.54) is 48.5 Å². The molecule has 3 aromatic rings. The number of fused-ring (bicyclic) bond motifs is 1. The van der Waals surface area contributed by atoms with Crippen molar-refractivity contribution in [2.24, 2.45) is 0 Å². The van der Waals surface area contributed by atoms with Crippen LogP contribution in [0, 0.1) is 0 Å². The van der Waals surface area contributed by atoms with Crippen LogP contribution in [0.1, 0.15) is 16.7 Å². The predicted molar refractivity (Wildman–Crippen MR) is 124 cm³/mol. The second-order valence-electron chi connectivity index (χ2n) is 6.76. The molecule has 168 valence electrons. The number of phenols is 2. The molecule has 0 saturated carbocycles. The molecular weight excluding hydrogens is 660 g/mol.